The number of hydrogen-bond donors (Lipinski definition) is 4. The van der Waals surface area contributed by atoms with E-state index in [9.17, 15) is 0 Å². The van der Waals surface area contributed by atoms with Crippen molar-refractivity contribution in [3.8, 4) is 0 Å². The van der Waals surface area contributed by atoms with Crippen LogP contribution in [-0.4, -0.2) is 34.2 Å². The Morgan fingerprint density at radius 3 is 2.91 bits per heavy atom. The lowest BCUT2D eigenvalue weighted by molar-refractivity contribution is 0.114. The average Bonchev–Trinajstić information content (AvgIpc) is 1.98. The van der Waals surface area contributed by atoms with Crippen molar-refractivity contribution < 1.29 is 15.3 Å². The van der Waals surface area contributed by atoms with Gasteiger partial charge in [0.25, 0.3) is 0 Å². The van der Waals surface area contributed by atoms with Gasteiger partial charge in [-0.15, -0.1) is 0 Å². The Kier molecular flexibility index (Phi) is 2.87. The Balaban J connectivity index is 2.42. The van der Waals surface area contributed by atoms with Crippen molar-refractivity contribution >= 4 is 0 Å². The van der Waals surface area contributed by atoms with Crippen molar-refractivity contribution in [3.05, 3.63) is 11.8 Å². The molecular formula is C7H13NO3. The summed E-state index contributed by atoms with van der Waals surface area (Å²) in [4.78, 5) is 0. The maximum atomic E-state index is 9.13. The molecule has 0 heterocycles. The monoisotopic (exact) mass is 159 g/mol. The third-order valence-electron chi connectivity index (χ3n) is 1.84. The largest absolute Gasteiger partial charge is 0.510 e. The lowest BCUT2D eigenvalue weighted by Gasteiger charge is -2.23. The average molecular weight is 159 g/mol. The molecule has 0 bridgehead atoms. The molecule has 0 spiro atoms. The zero-order valence-electron chi connectivity index (χ0n) is 6.20. The molecule has 2 atom stereocenters. The second-order valence-corrected chi connectivity index (χ2v) is 2.68. The van der Waals surface area contributed by atoms with Crippen LogP contribution in [0, 0.1) is 0 Å². The van der Waals surface area contributed by atoms with Crippen LogP contribution in [0.2, 0.25) is 0 Å². The SMILES string of the molecule is OCNC1CC=C(O)C(O)C1. The van der Waals surface area contributed by atoms with E-state index in [-0.39, 0.29) is 18.5 Å². The van der Waals surface area contributed by atoms with Gasteiger partial charge in [-0.05, 0) is 18.9 Å². The summed E-state index contributed by atoms with van der Waals surface area (Å²) in [5, 5.41) is 29.4. The Labute approximate surface area is 65.2 Å². The lowest BCUT2D eigenvalue weighted by Crippen LogP contribution is -2.36. The first kappa shape index (κ1) is 8.52. The molecule has 0 aromatic rings. The van der Waals surface area contributed by atoms with Crippen LogP contribution < -0.4 is 5.32 Å². The molecule has 4 N–H and O–H groups in total. The lowest BCUT2D eigenvalue weighted by atomic mass is 9.98. The van der Waals surface area contributed by atoms with E-state index in [1.807, 2.05) is 0 Å². The minimum atomic E-state index is -0.771. The Hall–Kier alpha value is -0.580. The van der Waals surface area contributed by atoms with Crippen molar-refractivity contribution in [3.63, 3.8) is 0 Å². The molecule has 0 amide bonds. The minimum Gasteiger partial charge on any atom is -0.510 e. The van der Waals surface area contributed by atoms with Crippen LogP contribution in [0.3, 0.4) is 0 Å². The quantitative estimate of drug-likeness (QED) is 0.409. The smallest absolute Gasteiger partial charge is 0.117 e. The number of nitrogens with one attached hydrogen (secondary N) is 1. The maximum absolute atomic E-state index is 9.13. The second kappa shape index (κ2) is 3.71. The molecule has 1 aliphatic rings. The van der Waals surface area contributed by atoms with Crippen LogP contribution in [0.4, 0.5) is 0 Å². The minimum absolute atomic E-state index is 0.0426. The summed E-state index contributed by atoms with van der Waals surface area (Å²) in [6.07, 6.45) is 1.92. The summed E-state index contributed by atoms with van der Waals surface area (Å²) < 4.78 is 0. The molecule has 0 aromatic carbocycles. The highest BCUT2D eigenvalue weighted by Gasteiger charge is 2.20. The maximum Gasteiger partial charge on any atom is 0.117 e. The molecule has 1 aliphatic carbocycles. The third kappa shape index (κ3) is 2.18. The molecule has 0 aromatic heterocycles. The van der Waals surface area contributed by atoms with E-state index >= 15 is 0 Å². The zero-order valence-corrected chi connectivity index (χ0v) is 6.20. The van der Waals surface area contributed by atoms with Crippen molar-refractivity contribution in [2.45, 2.75) is 25.0 Å². The molecule has 1 rings (SSSR count). The Bertz CT molecular complexity index is 158. The van der Waals surface area contributed by atoms with Crippen LogP contribution in [0.25, 0.3) is 0 Å². The molecule has 0 saturated heterocycles. The first-order valence-electron chi connectivity index (χ1n) is 3.65. The highest BCUT2D eigenvalue weighted by atomic mass is 16.3. The predicted molar refractivity (Wildman–Crippen MR) is 40.0 cm³/mol. The fraction of sp³-hybridized carbons (Fsp3) is 0.714. The molecule has 2 unspecified atom stereocenters. The van der Waals surface area contributed by atoms with Crippen molar-refractivity contribution in [2.24, 2.45) is 0 Å². The standard InChI is InChI=1S/C7H13NO3/c9-4-8-5-1-2-6(10)7(11)3-5/h2,5,7-11H,1,3-4H2. The van der Waals surface area contributed by atoms with Gasteiger partial charge in [-0.3, -0.25) is 5.32 Å². The number of hydrogen-bond acceptors (Lipinski definition) is 4. The van der Waals surface area contributed by atoms with E-state index in [1.54, 1.807) is 6.08 Å². The van der Waals surface area contributed by atoms with E-state index in [0.717, 1.165) is 0 Å². The molecular weight excluding hydrogens is 146 g/mol. The van der Waals surface area contributed by atoms with Crippen LogP contribution in [0.15, 0.2) is 11.8 Å². The topological polar surface area (TPSA) is 72.7 Å². The molecule has 4 nitrogen and oxygen atoms in total. The summed E-state index contributed by atoms with van der Waals surface area (Å²) in [6, 6.07) is 0.0749. The van der Waals surface area contributed by atoms with E-state index in [2.05, 4.69) is 5.32 Å². The number of aliphatic hydroxyl groups is 3. The van der Waals surface area contributed by atoms with Crippen LogP contribution >= 0.6 is 0 Å². The summed E-state index contributed by atoms with van der Waals surface area (Å²) in [7, 11) is 0. The summed E-state index contributed by atoms with van der Waals surface area (Å²) >= 11 is 0. The molecule has 0 fully saturated rings. The van der Waals surface area contributed by atoms with Gasteiger partial charge in [0, 0.05) is 6.04 Å². The van der Waals surface area contributed by atoms with Crippen LogP contribution in [0.5, 0.6) is 0 Å². The second-order valence-electron chi connectivity index (χ2n) is 2.68. The molecule has 0 aliphatic heterocycles. The van der Waals surface area contributed by atoms with Gasteiger partial charge in [-0.2, -0.15) is 0 Å². The predicted octanol–water partition coefficient (Wildman–Crippen LogP) is -0.509. The molecule has 0 saturated carbocycles. The Morgan fingerprint density at radius 1 is 1.64 bits per heavy atom. The van der Waals surface area contributed by atoms with Crippen LogP contribution in [0.1, 0.15) is 12.8 Å². The van der Waals surface area contributed by atoms with Gasteiger partial charge in [-0.25, -0.2) is 0 Å². The van der Waals surface area contributed by atoms with Gasteiger partial charge in [0.15, 0.2) is 0 Å². The molecule has 11 heavy (non-hydrogen) atoms. The van der Waals surface area contributed by atoms with Crippen LogP contribution in [-0.2, 0) is 0 Å². The molecule has 64 valence electrons. The molecule has 0 radical (unpaired) electrons. The van der Waals surface area contributed by atoms with Gasteiger partial charge in [-0.1, -0.05) is 0 Å². The van der Waals surface area contributed by atoms with Gasteiger partial charge in [0.2, 0.25) is 0 Å². The van der Waals surface area contributed by atoms with E-state index in [4.69, 9.17) is 15.3 Å². The third-order valence-corrected chi connectivity index (χ3v) is 1.84. The normalized spacial score (nSPS) is 31.6. The van der Waals surface area contributed by atoms with Crippen molar-refractivity contribution in [2.75, 3.05) is 6.73 Å². The first-order valence-corrected chi connectivity index (χ1v) is 3.65. The van der Waals surface area contributed by atoms with Crippen molar-refractivity contribution in [1.29, 1.82) is 0 Å². The van der Waals surface area contributed by atoms with Crippen molar-refractivity contribution in [1.82, 2.24) is 5.32 Å². The summed E-state index contributed by atoms with van der Waals surface area (Å²) in [6.45, 7) is -0.0913. The van der Waals surface area contributed by atoms with E-state index < -0.39 is 6.10 Å². The van der Waals surface area contributed by atoms with E-state index in [0.29, 0.717) is 12.8 Å². The zero-order chi connectivity index (χ0) is 8.27. The first-order chi connectivity index (χ1) is 5.24. The number of rotatable bonds is 2. The van der Waals surface area contributed by atoms with Gasteiger partial charge < -0.3 is 15.3 Å². The van der Waals surface area contributed by atoms with E-state index in [1.165, 1.54) is 0 Å². The number of aliphatic hydroxyl groups excluding tert-OH is 3. The van der Waals surface area contributed by atoms with Gasteiger partial charge in [0.1, 0.15) is 11.9 Å². The Morgan fingerprint density at radius 2 is 2.36 bits per heavy atom. The van der Waals surface area contributed by atoms with Gasteiger partial charge in [0.05, 0.1) is 6.73 Å². The molecule has 4 heteroatoms. The highest BCUT2D eigenvalue weighted by molar-refractivity contribution is 5.05. The fourth-order valence-electron chi connectivity index (χ4n) is 1.18. The van der Waals surface area contributed by atoms with Gasteiger partial charge >= 0.3 is 0 Å². The summed E-state index contributed by atoms with van der Waals surface area (Å²) in [5.41, 5.74) is 0. The fourth-order valence-corrected chi connectivity index (χ4v) is 1.18. The summed E-state index contributed by atoms with van der Waals surface area (Å²) in [5.74, 6) is 0.0426. The highest BCUT2D eigenvalue weighted by Crippen LogP contribution is 2.16.